The first-order valence-corrected chi connectivity index (χ1v) is 5.83. The van der Waals surface area contributed by atoms with Crippen LogP contribution in [0.2, 0.25) is 0 Å². The minimum atomic E-state index is -0.766. The number of rotatable bonds is 3. The molecule has 0 saturated heterocycles. The summed E-state index contributed by atoms with van der Waals surface area (Å²) in [5.41, 5.74) is -0.137. The van der Waals surface area contributed by atoms with E-state index in [2.05, 4.69) is 10.6 Å². The second-order valence-electron chi connectivity index (χ2n) is 5.28. The summed E-state index contributed by atoms with van der Waals surface area (Å²) in [6.45, 7) is 4.06. The van der Waals surface area contributed by atoms with Crippen molar-refractivity contribution >= 4 is 11.6 Å². The van der Waals surface area contributed by atoms with Crippen molar-refractivity contribution in [2.24, 2.45) is 5.41 Å². The van der Waals surface area contributed by atoms with Crippen LogP contribution in [0.3, 0.4) is 0 Å². The summed E-state index contributed by atoms with van der Waals surface area (Å²) in [5.74, 6) is -1.97. The third-order valence-corrected chi connectivity index (χ3v) is 3.37. The van der Waals surface area contributed by atoms with Crippen LogP contribution >= 0.6 is 0 Å². The molecular weight excluding hydrogens is 238 g/mol. The van der Waals surface area contributed by atoms with E-state index in [1.54, 1.807) is 0 Å². The standard InChI is InChI=1S/C13H16F2N2O/c1-13(2)6-10(13)17-12(18)7-4-8(14)11(16-3)9(15)5-7/h4-5,10,16H,6H2,1-3H3,(H,17,18). The number of hydrogen-bond donors (Lipinski definition) is 2. The fourth-order valence-corrected chi connectivity index (χ4v) is 1.90. The molecule has 0 aromatic heterocycles. The van der Waals surface area contributed by atoms with E-state index in [1.807, 2.05) is 13.8 Å². The van der Waals surface area contributed by atoms with Gasteiger partial charge in [-0.15, -0.1) is 0 Å². The van der Waals surface area contributed by atoms with E-state index in [0.29, 0.717) is 0 Å². The second-order valence-corrected chi connectivity index (χ2v) is 5.28. The van der Waals surface area contributed by atoms with Crippen LogP contribution in [-0.2, 0) is 0 Å². The van der Waals surface area contributed by atoms with Crippen LogP contribution in [0.25, 0.3) is 0 Å². The Morgan fingerprint density at radius 3 is 2.22 bits per heavy atom. The summed E-state index contributed by atoms with van der Waals surface area (Å²) in [5, 5.41) is 5.17. The predicted octanol–water partition coefficient (Wildman–Crippen LogP) is 2.53. The monoisotopic (exact) mass is 254 g/mol. The maximum atomic E-state index is 13.5. The molecule has 0 aliphatic heterocycles. The van der Waals surface area contributed by atoms with E-state index in [-0.39, 0.29) is 22.7 Å². The lowest BCUT2D eigenvalue weighted by atomic mass is 10.1. The average molecular weight is 254 g/mol. The van der Waals surface area contributed by atoms with E-state index in [4.69, 9.17) is 0 Å². The fourth-order valence-electron chi connectivity index (χ4n) is 1.90. The van der Waals surface area contributed by atoms with Crippen molar-refractivity contribution in [1.82, 2.24) is 5.32 Å². The molecule has 2 N–H and O–H groups in total. The molecule has 1 saturated carbocycles. The lowest BCUT2D eigenvalue weighted by molar-refractivity contribution is 0.0945. The molecule has 5 heteroatoms. The fraction of sp³-hybridized carbons (Fsp3) is 0.462. The molecule has 0 radical (unpaired) electrons. The third kappa shape index (κ3) is 2.30. The van der Waals surface area contributed by atoms with Crippen LogP contribution < -0.4 is 10.6 Å². The van der Waals surface area contributed by atoms with Gasteiger partial charge in [-0.2, -0.15) is 0 Å². The number of anilines is 1. The Morgan fingerprint density at radius 2 is 1.83 bits per heavy atom. The summed E-state index contributed by atoms with van der Waals surface area (Å²) in [7, 11) is 1.42. The van der Waals surface area contributed by atoms with Gasteiger partial charge in [0.25, 0.3) is 5.91 Å². The van der Waals surface area contributed by atoms with Crippen LogP contribution in [-0.4, -0.2) is 19.0 Å². The molecule has 1 amide bonds. The highest BCUT2D eigenvalue weighted by atomic mass is 19.1. The van der Waals surface area contributed by atoms with Gasteiger partial charge in [0.2, 0.25) is 0 Å². The van der Waals surface area contributed by atoms with Gasteiger partial charge in [0.1, 0.15) is 17.3 Å². The lowest BCUT2D eigenvalue weighted by Crippen LogP contribution is -2.28. The average Bonchev–Trinajstić information content (AvgIpc) is 2.85. The first-order valence-electron chi connectivity index (χ1n) is 5.83. The quantitative estimate of drug-likeness (QED) is 0.870. The Balaban J connectivity index is 2.16. The molecule has 1 aliphatic rings. The highest BCUT2D eigenvalue weighted by Crippen LogP contribution is 2.44. The van der Waals surface area contributed by atoms with Gasteiger partial charge in [-0.3, -0.25) is 4.79 Å². The molecule has 1 aromatic carbocycles. The molecule has 1 aromatic rings. The Hall–Kier alpha value is -1.65. The van der Waals surface area contributed by atoms with Crippen LogP contribution in [0.5, 0.6) is 0 Å². The van der Waals surface area contributed by atoms with Gasteiger partial charge in [-0.25, -0.2) is 8.78 Å². The molecule has 1 aliphatic carbocycles. The van der Waals surface area contributed by atoms with Crippen LogP contribution in [0.1, 0.15) is 30.6 Å². The smallest absolute Gasteiger partial charge is 0.251 e. The molecule has 0 spiro atoms. The van der Waals surface area contributed by atoms with E-state index in [9.17, 15) is 13.6 Å². The second kappa shape index (κ2) is 4.23. The van der Waals surface area contributed by atoms with Crippen LogP contribution in [0, 0.1) is 17.0 Å². The number of carbonyl (C=O) groups excluding carboxylic acids is 1. The van der Waals surface area contributed by atoms with Crippen molar-refractivity contribution in [2.45, 2.75) is 26.3 Å². The molecule has 1 fully saturated rings. The van der Waals surface area contributed by atoms with Crippen molar-refractivity contribution in [3.63, 3.8) is 0 Å². The molecule has 18 heavy (non-hydrogen) atoms. The van der Waals surface area contributed by atoms with Gasteiger partial charge >= 0.3 is 0 Å². The van der Waals surface area contributed by atoms with Gasteiger partial charge in [0.15, 0.2) is 0 Å². The first kappa shape index (κ1) is 12.8. The third-order valence-electron chi connectivity index (χ3n) is 3.37. The zero-order valence-corrected chi connectivity index (χ0v) is 10.6. The number of hydrogen-bond acceptors (Lipinski definition) is 2. The minimum Gasteiger partial charge on any atom is -0.383 e. The Labute approximate surface area is 105 Å². The summed E-state index contributed by atoms with van der Waals surface area (Å²) in [6.07, 6.45) is 0.887. The number of halogens is 2. The zero-order chi connectivity index (χ0) is 13.5. The summed E-state index contributed by atoms with van der Waals surface area (Å²) in [4.78, 5) is 11.8. The largest absolute Gasteiger partial charge is 0.383 e. The van der Waals surface area contributed by atoms with Gasteiger partial charge in [-0.1, -0.05) is 13.8 Å². The summed E-state index contributed by atoms with van der Waals surface area (Å²) < 4.78 is 27.0. The SMILES string of the molecule is CNc1c(F)cc(C(=O)NC2CC2(C)C)cc1F. The van der Waals surface area contributed by atoms with Crippen molar-refractivity contribution < 1.29 is 13.6 Å². The highest BCUT2D eigenvalue weighted by Gasteiger charge is 2.46. The van der Waals surface area contributed by atoms with Crippen LogP contribution in [0.4, 0.5) is 14.5 Å². The van der Waals surface area contributed by atoms with E-state index in [0.717, 1.165) is 18.6 Å². The van der Waals surface area contributed by atoms with Gasteiger partial charge in [-0.05, 0) is 24.0 Å². The van der Waals surface area contributed by atoms with E-state index in [1.165, 1.54) is 7.05 Å². The molecule has 3 nitrogen and oxygen atoms in total. The maximum Gasteiger partial charge on any atom is 0.251 e. The number of benzene rings is 1. The Morgan fingerprint density at radius 1 is 1.33 bits per heavy atom. The normalized spacial score (nSPS) is 20.4. The van der Waals surface area contributed by atoms with Gasteiger partial charge < -0.3 is 10.6 Å². The number of nitrogens with one attached hydrogen (secondary N) is 2. The van der Waals surface area contributed by atoms with Gasteiger partial charge in [0.05, 0.1) is 0 Å². The Kier molecular flexibility index (Phi) is 3.00. The van der Waals surface area contributed by atoms with Crippen molar-refractivity contribution in [3.8, 4) is 0 Å². The molecule has 1 atom stereocenters. The first-order chi connectivity index (χ1) is 8.35. The molecular formula is C13H16F2N2O. The summed E-state index contributed by atoms with van der Waals surface area (Å²) in [6, 6.07) is 2.17. The predicted molar refractivity (Wildman–Crippen MR) is 65.6 cm³/mol. The van der Waals surface area contributed by atoms with Crippen molar-refractivity contribution in [1.29, 1.82) is 0 Å². The minimum absolute atomic E-state index is 0.00620. The Bertz CT molecular complexity index is 477. The van der Waals surface area contributed by atoms with Crippen LogP contribution in [0.15, 0.2) is 12.1 Å². The molecule has 2 rings (SSSR count). The van der Waals surface area contributed by atoms with E-state index >= 15 is 0 Å². The topological polar surface area (TPSA) is 41.1 Å². The van der Waals surface area contributed by atoms with E-state index < -0.39 is 17.5 Å². The molecule has 0 heterocycles. The number of carbonyl (C=O) groups is 1. The highest BCUT2D eigenvalue weighted by molar-refractivity contribution is 5.95. The zero-order valence-electron chi connectivity index (χ0n) is 10.6. The molecule has 0 bridgehead atoms. The van der Waals surface area contributed by atoms with Crippen molar-refractivity contribution in [3.05, 3.63) is 29.3 Å². The van der Waals surface area contributed by atoms with Gasteiger partial charge in [0, 0.05) is 18.7 Å². The molecule has 98 valence electrons. The lowest BCUT2D eigenvalue weighted by Gasteiger charge is -2.09. The molecule has 1 unspecified atom stereocenters. The summed E-state index contributed by atoms with van der Waals surface area (Å²) >= 11 is 0. The van der Waals surface area contributed by atoms with Crippen molar-refractivity contribution in [2.75, 3.05) is 12.4 Å². The maximum absolute atomic E-state index is 13.5. The number of amides is 1.